The summed E-state index contributed by atoms with van der Waals surface area (Å²) in [6, 6.07) is 6.46. The molecule has 1 fully saturated rings. The molecule has 0 aliphatic carbocycles. The Morgan fingerprint density at radius 2 is 2.28 bits per heavy atom. The predicted molar refractivity (Wildman–Crippen MR) is 66.2 cm³/mol. The lowest BCUT2D eigenvalue weighted by atomic mass is 10.1. The van der Waals surface area contributed by atoms with Crippen LogP contribution in [-0.2, 0) is 11.2 Å². The van der Waals surface area contributed by atoms with Gasteiger partial charge in [0.15, 0.2) is 0 Å². The zero-order valence-electron chi connectivity index (χ0n) is 10.1. The van der Waals surface area contributed by atoms with Gasteiger partial charge in [-0.2, -0.15) is 0 Å². The van der Waals surface area contributed by atoms with E-state index < -0.39 is 4.92 Å². The molecule has 0 spiro atoms. The highest BCUT2D eigenvalue weighted by molar-refractivity contribution is 5.79. The third kappa shape index (κ3) is 2.65. The molecule has 1 aliphatic rings. The molecule has 1 heterocycles. The zero-order chi connectivity index (χ0) is 13.1. The van der Waals surface area contributed by atoms with Crippen molar-refractivity contribution < 1.29 is 9.72 Å². The van der Waals surface area contributed by atoms with Gasteiger partial charge < -0.3 is 10.2 Å². The number of likely N-dealkylation sites (N-methyl/N-ethyl adjacent to an activating group) is 1. The molecule has 6 heteroatoms. The number of hydrogen-bond acceptors (Lipinski definition) is 4. The molecule has 1 N–H and O–H groups in total. The Morgan fingerprint density at radius 3 is 2.83 bits per heavy atom. The topological polar surface area (TPSA) is 75.5 Å². The summed E-state index contributed by atoms with van der Waals surface area (Å²) in [6.45, 7) is 1.63. The van der Waals surface area contributed by atoms with Crippen LogP contribution in [0.2, 0.25) is 0 Å². The smallest absolute Gasteiger partial charge is 0.269 e. The number of nitro groups is 1. The molecule has 1 aromatic rings. The van der Waals surface area contributed by atoms with Gasteiger partial charge in [-0.3, -0.25) is 14.9 Å². The minimum absolute atomic E-state index is 0.0120. The van der Waals surface area contributed by atoms with Crippen LogP contribution < -0.4 is 5.32 Å². The fourth-order valence-corrected chi connectivity index (χ4v) is 1.83. The van der Waals surface area contributed by atoms with Gasteiger partial charge in [0.1, 0.15) is 0 Å². The van der Waals surface area contributed by atoms with Gasteiger partial charge in [-0.25, -0.2) is 0 Å². The van der Waals surface area contributed by atoms with Gasteiger partial charge >= 0.3 is 0 Å². The van der Waals surface area contributed by atoms with E-state index in [0.717, 1.165) is 13.1 Å². The fraction of sp³-hybridized carbons (Fsp3) is 0.417. The maximum Gasteiger partial charge on any atom is 0.269 e. The van der Waals surface area contributed by atoms with E-state index in [-0.39, 0.29) is 24.1 Å². The summed E-state index contributed by atoms with van der Waals surface area (Å²) >= 11 is 0. The molecule has 0 saturated carbocycles. The Hall–Kier alpha value is -1.95. The van der Waals surface area contributed by atoms with Crippen LogP contribution in [0.5, 0.6) is 0 Å². The van der Waals surface area contributed by atoms with E-state index in [1.165, 1.54) is 12.1 Å². The summed E-state index contributed by atoms with van der Waals surface area (Å²) in [7, 11) is 1.77. The molecule has 96 valence electrons. The second kappa shape index (κ2) is 5.14. The molecule has 0 aromatic heterocycles. The Kier molecular flexibility index (Phi) is 3.57. The summed E-state index contributed by atoms with van der Waals surface area (Å²) < 4.78 is 0. The minimum Gasteiger partial charge on any atom is -0.340 e. The van der Waals surface area contributed by atoms with Gasteiger partial charge in [0, 0.05) is 32.3 Å². The highest BCUT2D eigenvalue weighted by Crippen LogP contribution is 2.14. The third-order valence-corrected chi connectivity index (χ3v) is 3.18. The number of benzene rings is 1. The first kappa shape index (κ1) is 12.5. The van der Waals surface area contributed by atoms with Crippen LogP contribution in [0.3, 0.4) is 0 Å². The highest BCUT2D eigenvalue weighted by Gasteiger charge is 2.25. The summed E-state index contributed by atoms with van der Waals surface area (Å²) in [4.78, 5) is 23.8. The van der Waals surface area contributed by atoms with Crippen molar-refractivity contribution in [3.63, 3.8) is 0 Å². The second-order valence-corrected chi connectivity index (χ2v) is 4.42. The molecular weight excluding hydrogens is 234 g/mol. The van der Waals surface area contributed by atoms with Crippen molar-refractivity contribution in [1.29, 1.82) is 0 Å². The van der Waals surface area contributed by atoms with E-state index in [1.807, 2.05) is 0 Å². The van der Waals surface area contributed by atoms with Crippen LogP contribution in [0.4, 0.5) is 5.69 Å². The molecule has 6 nitrogen and oxygen atoms in total. The molecule has 2 rings (SSSR count). The molecule has 1 saturated heterocycles. The Labute approximate surface area is 105 Å². The van der Waals surface area contributed by atoms with E-state index in [0.29, 0.717) is 5.56 Å². The van der Waals surface area contributed by atoms with E-state index in [9.17, 15) is 14.9 Å². The van der Waals surface area contributed by atoms with Crippen molar-refractivity contribution in [3.05, 3.63) is 39.9 Å². The van der Waals surface area contributed by atoms with Crippen molar-refractivity contribution in [1.82, 2.24) is 10.2 Å². The number of amides is 1. The van der Waals surface area contributed by atoms with E-state index >= 15 is 0 Å². The van der Waals surface area contributed by atoms with Crippen LogP contribution in [0.15, 0.2) is 24.3 Å². The van der Waals surface area contributed by atoms with E-state index in [4.69, 9.17) is 0 Å². The SMILES string of the molecule is CN(C(=O)Cc1cccc([N+](=O)[O-])c1)C1CNC1. The highest BCUT2D eigenvalue weighted by atomic mass is 16.6. The van der Waals surface area contributed by atoms with Crippen molar-refractivity contribution in [2.45, 2.75) is 12.5 Å². The Balaban J connectivity index is 2.02. The lowest BCUT2D eigenvalue weighted by Gasteiger charge is -2.35. The maximum absolute atomic E-state index is 12.0. The average molecular weight is 249 g/mol. The zero-order valence-corrected chi connectivity index (χ0v) is 10.1. The number of non-ortho nitro benzene ring substituents is 1. The Bertz CT molecular complexity index is 471. The number of nitrogens with one attached hydrogen (secondary N) is 1. The predicted octanol–water partition coefficient (Wildman–Crippen LogP) is 0.567. The lowest BCUT2D eigenvalue weighted by Crippen LogP contribution is -2.57. The second-order valence-electron chi connectivity index (χ2n) is 4.42. The molecule has 0 radical (unpaired) electrons. The third-order valence-electron chi connectivity index (χ3n) is 3.18. The first-order valence-electron chi connectivity index (χ1n) is 5.77. The number of carbonyl (C=O) groups is 1. The van der Waals surface area contributed by atoms with Gasteiger partial charge in [-0.1, -0.05) is 12.1 Å². The number of carbonyl (C=O) groups excluding carboxylic acids is 1. The molecule has 1 aromatic carbocycles. The lowest BCUT2D eigenvalue weighted by molar-refractivity contribution is -0.384. The molecule has 1 amide bonds. The fourth-order valence-electron chi connectivity index (χ4n) is 1.83. The van der Waals surface area contributed by atoms with Crippen molar-refractivity contribution in [2.24, 2.45) is 0 Å². The van der Waals surface area contributed by atoms with Gasteiger partial charge in [-0.15, -0.1) is 0 Å². The molecule has 0 atom stereocenters. The van der Waals surface area contributed by atoms with Crippen molar-refractivity contribution in [3.8, 4) is 0 Å². The van der Waals surface area contributed by atoms with E-state index in [1.54, 1.807) is 24.1 Å². The normalized spacial score (nSPS) is 14.9. The monoisotopic (exact) mass is 249 g/mol. The van der Waals surface area contributed by atoms with E-state index in [2.05, 4.69) is 5.32 Å². The van der Waals surface area contributed by atoms with Gasteiger partial charge in [0.2, 0.25) is 5.91 Å². The standard InChI is InChI=1S/C12H15N3O3/c1-14(11-7-13-8-11)12(16)6-9-3-2-4-10(5-9)15(17)18/h2-5,11,13H,6-8H2,1H3. The van der Waals surface area contributed by atoms with Crippen LogP contribution in [-0.4, -0.2) is 41.9 Å². The molecule has 1 aliphatic heterocycles. The molecule has 0 bridgehead atoms. The number of rotatable bonds is 4. The van der Waals surface area contributed by atoms with Crippen LogP contribution in [0, 0.1) is 10.1 Å². The van der Waals surface area contributed by atoms with Crippen LogP contribution in [0.1, 0.15) is 5.56 Å². The van der Waals surface area contributed by atoms with Crippen LogP contribution >= 0.6 is 0 Å². The molecule has 0 unspecified atom stereocenters. The largest absolute Gasteiger partial charge is 0.340 e. The molecular formula is C12H15N3O3. The summed E-state index contributed by atoms with van der Waals surface area (Å²) in [5.74, 6) is -0.0120. The van der Waals surface area contributed by atoms with Crippen molar-refractivity contribution in [2.75, 3.05) is 20.1 Å². The minimum atomic E-state index is -0.451. The maximum atomic E-state index is 12.0. The molecule has 18 heavy (non-hydrogen) atoms. The van der Waals surface area contributed by atoms with Crippen molar-refractivity contribution >= 4 is 11.6 Å². The number of nitro benzene ring substituents is 1. The number of nitrogens with zero attached hydrogens (tertiary/aromatic N) is 2. The average Bonchev–Trinajstić information content (AvgIpc) is 2.26. The number of hydrogen-bond donors (Lipinski definition) is 1. The summed E-state index contributed by atoms with van der Waals surface area (Å²) in [6.07, 6.45) is 0.203. The summed E-state index contributed by atoms with van der Waals surface area (Å²) in [5, 5.41) is 13.7. The van der Waals surface area contributed by atoms with Gasteiger partial charge in [0.05, 0.1) is 17.4 Å². The quantitative estimate of drug-likeness (QED) is 0.625. The first-order chi connectivity index (χ1) is 8.58. The summed E-state index contributed by atoms with van der Waals surface area (Å²) in [5.41, 5.74) is 0.696. The van der Waals surface area contributed by atoms with Gasteiger partial charge in [-0.05, 0) is 5.56 Å². The van der Waals surface area contributed by atoms with Crippen LogP contribution in [0.25, 0.3) is 0 Å². The van der Waals surface area contributed by atoms with Gasteiger partial charge in [0.25, 0.3) is 5.69 Å². The Morgan fingerprint density at radius 1 is 1.56 bits per heavy atom. The first-order valence-corrected chi connectivity index (χ1v) is 5.77.